The van der Waals surface area contributed by atoms with Gasteiger partial charge in [-0.05, 0) is 121 Å². The lowest BCUT2D eigenvalue weighted by Crippen LogP contribution is -2.14. The number of benzene rings is 8. The molecule has 8 aromatic carbocycles. The van der Waals surface area contributed by atoms with Gasteiger partial charge in [-0.3, -0.25) is 0 Å². The van der Waals surface area contributed by atoms with E-state index in [9.17, 15) is 0 Å². The Bertz CT molecular complexity index is 2420. The summed E-state index contributed by atoms with van der Waals surface area (Å²) in [6.45, 7) is 2.23. The molecule has 8 aromatic rings. The Kier molecular flexibility index (Phi) is 8.07. The highest BCUT2D eigenvalue weighted by molar-refractivity contribution is 5.93. The molecule has 4 bridgehead atoms. The maximum atomic E-state index is 2.39. The minimum atomic E-state index is 1.08. The lowest BCUT2D eigenvalue weighted by Gasteiger charge is -2.32. The quantitative estimate of drug-likeness (QED) is 0.181. The second-order valence-electron chi connectivity index (χ2n) is 13.1. The van der Waals surface area contributed by atoms with Gasteiger partial charge < -0.3 is 14.7 Å². The molecule has 0 unspecified atom stereocenters. The molecule has 4 aliphatic rings. The maximum Gasteiger partial charge on any atom is 0.0540 e. The van der Waals surface area contributed by atoms with E-state index >= 15 is 0 Å². The molecule has 0 radical (unpaired) electrons. The van der Waals surface area contributed by atoms with Crippen LogP contribution in [0.4, 0.5) is 51.2 Å². The van der Waals surface area contributed by atoms with Crippen LogP contribution >= 0.6 is 0 Å². The van der Waals surface area contributed by atoms with Crippen LogP contribution in [0.15, 0.2) is 206 Å². The molecule has 0 aromatic heterocycles. The van der Waals surface area contributed by atoms with Crippen molar-refractivity contribution >= 4 is 51.2 Å². The second-order valence-corrected chi connectivity index (χ2v) is 13.1. The highest BCUT2D eigenvalue weighted by Gasteiger charge is 2.22. The summed E-state index contributed by atoms with van der Waals surface area (Å²) in [5.41, 5.74) is 16.0. The van der Waals surface area contributed by atoms with Crippen LogP contribution in [0.1, 0.15) is 5.56 Å². The first-order valence-electron chi connectivity index (χ1n) is 17.8. The van der Waals surface area contributed by atoms with E-state index in [2.05, 4.69) is 228 Å². The van der Waals surface area contributed by atoms with Crippen LogP contribution in [-0.2, 0) is 0 Å². The minimum absolute atomic E-state index is 1.08. The van der Waals surface area contributed by atoms with Crippen molar-refractivity contribution < 1.29 is 0 Å². The van der Waals surface area contributed by atoms with E-state index in [1.165, 1.54) is 27.8 Å². The van der Waals surface area contributed by atoms with Crippen molar-refractivity contribution in [1.82, 2.24) is 0 Å². The molecule has 3 heteroatoms. The zero-order chi connectivity index (χ0) is 34.9. The van der Waals surface area contributed by atoms with Crippen LogP contribution in [0, 0.1) is 6.92 Å². The van der Waals surface area contributed by atoms with E-state index in [0.717, 1.165) is 51.2 Å². The van der Waals surface area contributed by atoms with Crippen molar-refractivity contribution in [3.8, 4) is 22.3 Å². The summed E-state index contributed by atoms with van der Waals surface area (Å²) in [5.74, 6) is 0. The lowest BCUT2D eigenvalue weighted by molar-refractivity contribution is 1.24. The molecule has 3 nitrogen and oxygen atoms in total. The Morgan fingerprint density at radius 1 is 0.327 bits per heavy atom. The first-order valence-corrected chi connectivity index (χ1v) is 17.8. The van der Waals surface area contributed by atoms with E-state index in [4.69, 9.17) is 0 Å². The van der Waals surface area contributed by atoms with Crippen molar-refractivity contribution in [3.63, 3.8) is 0 Å². The SMILES string of the molecule is Cc1cc2ccc1-c1ccccc1N(c1ccc(N(c3ccccc3)c3ccccc3)cc1)c1ccc(cc1)N(c1ccccc1)c1ccccc1-2. The number of hydrogen-bond acceptors (Lipinski definition) is 3. The largest absolute Gasteiger partial charge is 0.311 e. The van der Waals surface area contributed by atoms with Crippen LogP contribution in [0.3, 0.4) is 0 Å². The van der Waals surface area contributed by atoms with E-state index < -0.39 is 0 Å². The molecule has 0 spiro atoms. The van der Waals surface area contributed by atoms with Crippen molar-refractivity contribution in [2.24, 2.45) is 0 Å². The molecule has 52 heavy (non-hydrogen) atoms. The molecule has 0 atom stereocenters. The Labute approximate surface area is 305 Å². The zero-order valence-corrected chi connectivity index (χ0v) is 29.0. The van der Waals surface area contributed by atoms with Crippen LogP contribution in [0.2, 0.25) is 0 Å². The Morgan fingerprint density at radius 3 is 1.27 bits per heavy atom. The molecule has 4 heterocycles. The van der Waals surface area contributed by atoms with Crippen molar-refractivity contribution in [1.29, 1.82) is 0 Å². The van der Waals surface area contributed by atoms with Crippen LogP contribution in [-0.4, -0.2) is 0 Å². The maximum absolute atomic E-state index is 2.39. The highest BCUT2D eigenvalue weighted by Crippen LogP contribution is 2.47. The molecule has 12 rings (SSSR count). The molecule has 0 aliphatic carbocycles. The van der Waals surface area contributed by atoms with Crippen LogP contribution in [0.25, 0.3) is 22.3 Å². The van der Waals surface area contributed by atoms with E-state index in [1.54, 1.807) is 0 Å². The highest BCUT2D eigenvalue weighted by atomic mass is 15.2. The van der Waals surface area contributed by atoms with E-state index in [-0.39, 0.29) is 0 Å². The smallest absolute Gasteiger partial charge is 0.0540 e. The minimum Gasteiger partial charge on any atom is -0.311 e. The third-order valence-electron chi connectivity index (χ3n) is 9.89. The summed E-state index contributed by atoms with van der Waals surface area (Å²) in [5, 5.41) is 0. The summed E-state index contributed by atoms with van der Waals surface area (Å²) in [7, 11) is 0. The fourth-order valence-electron chi connectivity index (χ4n) is 7.48. The first-order chi connectivity index (χ1) is 25.7. The second kappa shape index (κ2) is 13.5. The molecule has 4 aliphatic heterocycles. The summed E-state index contributed by atoms with van der Waals surface area (Å²) in [6, 6.07) is 74.1. The molecule has 248 valence electrons. The van der Waals surface area contributed by atoms with Gasteiger partial charge in [-0.1, -0.05) is 109 Å². The van der Waals surface area contributed by atoms with Gasteiger partial charge in [0.15, 0.2) is 0 Å². The van der Waals surface area contributed by atoms with Crippen molar-refractivity contribution in [3.05, 3.63) is 212 Å². The normalized spacial score (nSPS) is 11.9. The van der Waals surface area contributed by atoms with Crippen molar-refractivity contribution in [2.45, 2.75) is 6.92 Å². The monoisotopic (exact) mass is 667 g/mol. The van der Waals surface area contributed by atoms with E-state index in [1.807, 2.05) is 0 Å². The summed E-state index contributed by atoms with van der Waals surface area (Å²) < 4.78 is 0. The topological polar surface area (TPSA) is 9.72 Å². The number of rotatable bonds is 5. The van der Waals surface area contributed by atoms with Gasteiger partial charge in [0.2, 0.25) is 0 Å². The van der Waals surface area contributed by atoms with Gasteiger partial charge in [-0.2, -0.15) is 0 Å². The van der Waals surface area contributed by atoms with Gasteiger partial charge in [-0.25, -0.2) is 0 Å². The molecular formula is C49H37N3. The van der Waals surface area contributed by atoms with Crippen molar-refractivity contribution in [2.75, 3.05) is 14.7 Å². The van der Waals surface area contributed by atoms with Crippen LogP contribution < -0.4 is 14.7 Å². The van der Waals surface area contributed by atoms with Crippen LogP contribution in [0.5, 0.6) is 0 Å². The van der Waals surface area contributed by atoms with Gasteiger partial charge in [0.1, 0.15) is 0 Å². The fraction of sp³-hybridized carbons (Fsp3) is 0.0204. The zero-order valence-electron chi connectivity index (χ0n) is 29.0. The Hall–Kier alpha value is -6.84. The number of anilines is 9. The standard InChI is InChI=1S/C49H37N3/c1-36-35-37-25-34-45(36)47-22-12-14-24-49(47)52(43-28-26-41(27-29-43)50(38-15-5-2-6-16-38)39-17-7-3-8-18-39)44-32-30-42(31-33-44)51(40-19-9-4-10-20-40)48-23-13-11-21-46(37)48/h2-35H,1H3. The van der Waals surface area contributed by atoms with Gasteiger partial charge in [0.25, 0.3) is 0 Å². The number of hydrogen-bond donors (Lipinski definition) is 0. The summed E-state index contributed by atoms with van der Waals surface area (Å²) in [4.78, 5) is 7.05. The fourth-order valence-corrected chi connectivity index (χ4v) is 7.48. The molecule has 0 saturated heterocycles. The van der Waals surface area contributed by atoms with Gasteiger partial charge >= 0.3 is 0 Å². The molecule has 0 saturated carbocycles. The first kappa shape index (κ1) is 31.2. The average molecular weight is 668 g/mol. The Morgan fingerprint density at radius 2 is 0.731 bits per heavy atom. The molecule has 0 N–H and O–H groups in total. The predicted molar refractivity (Wildman–Crippen MR) is 220 cm³/mol. The Balaban J connectivity index is 1.24. The molecular weight excluding hydrogens is 631 g/mol. The van der Waals surface area contributed by atoms with Gasteiger partial charge in [0.05, 0.1) is 11.4 Å². The number of nitrogens with zero attached hydrogens (tertiary/aromatic N) is 3. The summed E-state index contributed by atoms with van der Waals surface area (Å²) >= 11 is 0. The van der Waals surface area contributed by atoms with Gasteiger partial charge in [-0.15, -0.1) is 0 Å². The average Bonchev–Trinajstić information content (AvgIpc) is 3.21. The van der Waals surface area contributed by atoms with E-state index in [0.29, 0.717) is 0 Å². The number of para-hydroxylation sites is 5. The molecule has 0 fully saturated rings. The predicted octanol–water partition coefficient (Wildman–Crippen LogP) is 14.1. The third kappa shape index (κ3) is 5.69. The third-order valence-corrected chi connectivity index (χ3v) is 9.89. The number of aryl methyl sites for hydroxylation is 1. The summed E-state index contributed by atoms with van der Waals surface area (Å²) in [6.07, 6.45) is 0. The van der Waals surface area contributed by atoms with Gasteiger partial charge in [0, 0.05) is 50.9 Å². The molecule has 0 amide bonds. The lowest BCUT2D eigenvalue weighted by atomic mass is 9.93.